The molecule has 0 atom stereocenters. The molecule has 5 rings (SSSR count). The molecule has 0 amide bonds. The zero-order valence-corrected chi connectivity index (χ0v) is 17.4. The molecule has 0 saturated carbocycles. The van der Waals surface area contributed by atoms with E-state index in [1.807, 2.05) is 60.8 Å². The molecule has 146 valence electrons. The summed E-state index contributed by atoms with van der Waals surface area (Å²) in [5.74, 6) is 0. The van der Waals surface area contributed by atoms with Crippen LogP contribution in [0.4, 0.5) is 0 Å². The number of nitrogens with zero attached hydrogens (tertiary/aromatic N) is 3. The highest BCUT2D eigenvalue weighted by Crippen LogP contribution is 2.43. The van der Waals surface area contributed by atoms with Crippen molar-refractivity contribution < 1.29 is 0 Å². The summed E-state index contributed by atoms with van der Waals surface area (Å²) in [7, 11) is 0. The van der Waals surface area contributed by atoms with Crippen LogP contribution in [0.2, 0.25) is 10.2 Å². The summed E-state index contributed by atoms with van der Waals surface area (Å²) in [5, 5.41) is 0.819. The van der Waals surface area contributed by atoms with Crippen LogP contribution in [0, 0.1) is 0 Å². The van der Waals surface area contributed by atoms with Gasteiger partial charge in [-0.1, -0.05) is 114 Å². The smallest absolute Gasteiger partial charge is 0.161 e. The summed E-state index contributed by atoms with van der Waals surface area (Å²) in [6.45, 7) is 0. The molecule has 3 aromatic carbocycles. The summed E-state index contributed by atoms with van der Waals surface area (Å²) in [4.78, 5) is 9.07. The second-order valence-corrected chi connectivity index (χ2v) is 7.81. The van der Waals surface area contributed by atoms with E-state index in [2.05, 4.69) is 50.9 Å². The van der Waals surface area contributed by atoms with E-state index in [0.29, 0.717) is 21.3 Å². The van der Waals surface area contributed by atoms with E-state index >= 15 is 0 Å². The lowest BCUT2D eigenvalue weighted by molar-refractivity contribution is 0.530. The van der Waals surface area contributed by atoms with Crippen LogP contribution in [0.1, 0.15) is 16.7 Å². The van der Waals surface area contributed by atoms with Gasteiger partial charge >= 0.3 is 0 Å². The molecule has 2 aromatic heterocycles. The molecule has 0 N–H and O–H groups in total. The van der Waals surface area contributed by atoms with E-state index in [-0.39, 0.29) is 0 Å². The van der Waals surface area contributed by atoms with Crippen molar-refractivity contribution in [3.05, 3.63) is 130 Å². The molecular formula is C25H17Cl2N3. The fourth-order valence-electron chi connectivity index (χ4n) is 4.14. The van der Waals surface area contributed by atoms with Gasteiger partial charge in [-0.15, -0.1) is 0 Å². The van der Waals surface area contributed by atoms with Crippen LogP contribution >= 0.6 is 23.2 Å². The lowest BCUT2D eigenvalue weighted by Crippen LogP contribution is -2.37. The fraction of sp³-hybridized carbons (Fsp3) is 0.0400. The van der Waals surface area contributed by atoms with Crippen LogP contribution in [0.3, 0.4) is 0 Å². The average Bonchev–Trinajstić information content (AvgIpc) is 3.12. The van der Waals surface area contributed by atoms with Crippen LogP contribution in [0.25, 0.3) is 11.2 Å². The van der Waals surface area contributed by atoms with Gasteiger partial charge in [0.05, 0.1) is 11.2 Å². The second-order valence-electron chi connectivity index (χ2n) is 7.02. The van der Waals surface area contributed by atoms with Crippen LogP contribution in [-0.2, 0) is 5.54 Å². The van der Waals surface area contributed by atoms with Crippen molar-refractivity contribution in [1.82, 2.24) is 14.5 Å². The van der Waals surface area contributed by atoms with E-state index in [0.717, 1.165) is 16.7 Å². The maximum atomic E-state index is 6.64. The zero-order chi connectivity index (χ0) is 20.6. The van der Waals surface area contributed by atoms with Crippen molar-refractivity contribution in [2.45, 2.75) is 5.54 Å². The second kappa shape index (κ2) is 7.60. The number of hydrogen-bond acceptors (Lipinski definition) is 2. The molecule has 3 nitrogen and oxygen atoms in total. The Balaban J connectivity index is 1.98. The summed E-state index contributed by atoms with van der Waals surface area (Å²) in [6, 6.07) is 31.1. The fourth-order valence-corrected chi connectivity index (χ4v) is 4.50. The Bertz CT molecular complexity index is 1200. The van der Waals surface area contributed by atoms with Crippen LogP contribution in [0.15, 0.2) is 103 Å². The van der Waals surface area contributed by atoms with Crippen molar-refractivity contribution in [1.29, 1.82) is 0 Å². The highest BCUT2D eigenvalue weighted by Gasteiger charge is 2.40. The van der Waals surface area contributed by atoms with Gasteiger partial charge in [-0.3, -0.25) is 0 Å². The van der Waals surface area contributed by atoms with Crippen molar-refractivity contribution in [3.63, 3.8) is 0 Å². The predicted molar refractivity (Wildman–Crippen MR) is 122 cm³/mol. The molecule has 0 aliphatic carbocycles. The molecule has 0 spiro atoms. The van der Waals surface area contributed by atoms with Gasteiger partial charge in [0.25, 0.3) is 0 Å². The quantitative estimate of drug-likeness (QED) is 0.302. The molecule has 0 aliphatic rings. The maximum Gasteiger partial charge on any atom is 0.161 e. The average molecular weight is 430 g/mol. The minimum atomic E-state index is -0.697. The number of rotatable bonds is 4. The minimum absolute atomic E-state index is 0.312. The number of aromatic nitrogens is 3. The first-order valence-corrected chi connectivity index (χ1v) is 10.3. The number of benzene rings is 3. The zero-order valence-electron chi connectivity index (χ0n) is 15.9. The van der Waals surface area contributed by atoms with E-state index in [9.17, 15) is 0 Å². The van der Waals surface area contributed by atoms with Gasteiger partial charge < -0.3 is 4.57 Å². The van der Waals surface area contributed by atoms with Gasteiger partial charge in [-0.25, -0.2) is 9.97 Å². The van der Waals surface area contributed by atoms with E-state index in [1.54, 1.807) is 6.20 Å². The summed E-state index contributed by atoms with van der Waals surface area (Å²) >= 11 is 12.8. The van der Waals surface area contributed by atoms with Gasteiger partial charge in [0.15, 0.2) is 5.65 Å². The largest absolute Gasteiger partial charge is 0.311 e. The molecule has 0 fully saturated rings. The van der Waals surface area contributed by atoms with Crippen molar-refractivity contribution in [2.75, 3.05) is 0 Å². The van der Waals surface area contributed by atoms with Crippen LogP contribution in [0.5, 0.6) is 0 Å². The van der Waals surface area contributed by atoms with Gasteiger partial charge in [0, 0.05) is 6.20 Å². The number of fused-ring (bicyclic) bond motifs is 1. The maximum absolute atomic E-state index is 6.64. The molecular weight excluding hydrogens is 413 g/mol. The van der Waals surface area contributed by atoms with E-state index < -0.39 is 5.54 Å². The molecule has 5 aromatic rings. The molecule has 0 saturated heterocycles. The van der Waals surface area contributed by atoms with Crippen LogP contribution in [-0.4, -0.2) is 14.5 Å². The predicted octanol–water partition coefficient (Wildman–Crippen LogP) is 6.58. The third-order valence-corrected chi connectivity index (χ3v) is 5.82. The Morgan fingerprint density at radius 1 is 0.667 bits per heavy atom. The summed E-state index contributed by atoms with van der Waals surface area (Å²) in [5.41, 5.74) is 3.82. The standard InChI is InChI=1S/C25H17Cl2N3/c26-21-17-30(24-23(21)29-22(27)16-28-24)25(18-10-4-1-5-11-18,19-12-6-2-7-13-19)20-14-8-3-9-15-20/h1-17H. The van der Waals surface area contributed by atoms with Crippen molar-refractivity contribution in [2.24, 2.45) is 0 Å². The third-order valence-electron chi connectivity index (χ3n) is 5.36. The normalized spacial score (nSPS) is 11.7. The topological polar surface area (TPSA) is 30.7 Å². The Morgan fingerprint density at radius 3 is 1.60 bits per heavy atom. The van der Waals surface area contributed by atoms with Gasteiger partial charge in [-0.05, 0) is 16.7 Å². The minimum Gasteiger partial charge on any atom is -0.311 e. The molecule has 30 heavy (non-hydrogen) atoms. The highest BCUT2D eigenvalue weighted by atomic mass is 35.5. The third kappa shape index (κ3) is 2.90. The van der Waals surface area contributed by atoms with Crippen LogP contribution < -0.4 is 0 Å². The first kappa shape index (κ1) is 18.9. The van der Waals surface area contributed by atoms with E-state index in [1.165, 1.54) is 0 Å². The molecule has 0 bridgehead atoms. The lowest BCUT2D eigenvalue weighted by Gasteiger charge is -2.38. The van der Waals surface area contributed by atoms with Crippen molar-refractivity contribution >= 4 is 34.4 Å². The van der Waals surface area contributed by atoms with Gasteiger partial charge in [0.1, 0.15) is 16.2 Å². The van der Waals surface area contributed by atoms with Crippen molar-refractivity contribution in [3.8, 4) is 0 Å². The Hall–Kier alpha value is -3.14. The first-order chi connectivity index (χ1) is 14.7. The Morgan fingerprint density at radius 2 is 1.13 bits per heavy atom. The van der Waals surface area contributed by atoms with Gasteiger partial charge in [-0.2, -0.15) is 0 Å². The highest BCUT2D eigenvalue weighted by molar-refractivity contribution is 6.35. The van der Waals surface area contributed by atoms with E-state index in [4.69, 9.17) is 23.2 Å². The lowest BCUT2D eigenvalue weighted by atomic mass is 9.76. The Labute approximate surface area is 184 Å². The molecule has 0 radical (unpaired) electrons. The molecule has 0 unspecified atom stereocenters. The molecule has 2 heterocycles. The SMILES string of the molecule is Clc1cnc2c(n1)c(Cl)cn2C(c1ccccc1)(c1ccccc1)c1ccccc1. The number of hydrogen-bond donors (Lipinski definition) is 0. The number of halogens is 2. The Kier molecular flexibility index (Phi) is 4.78. The first-order valence-electron chi connectivity index (χ1n) is 9.57. The molecule has 5 heteroatoms. The monoisotopic (exact) mass is 429 g/mol. The summed E-state index contributed by atoms with van der Waals surface area (Å²) < 4.78 is 2.11. The summed E-state index contributed by atoms with van der Waals surface area (Å²) in [6.07, 6.45) is 3.46. The van der Waals surface area contributed by atoms with Gasteiger partial charge in [0.2, 0.25) is 0 Å². The molecule has 0 aliphatic heterocycles.